The number of nitrogens with zero attached hydrogens (tertiary/aromatic N) is 2. The van der Waals surface area contributed by atoms with Gasteiger partial charge in [0, 0.05) is 31.6 Å². The molecule has 0 aliphatic carbocycles. The largest absolute Gasteiger partial charge is 1.00 e. The van der Waals surface area contributed by atoms with E-state index in [0.29, 0.717) is 13.2 Å². The number of carbonyl (C=O) groups excluding carboxylic acids is 2. The molecular formula is C34H59IN2O5. The Labute approximate surface area is 273 Å². The molecule has 0 unspecified atom stereocenters. The van der Waals surface area contributed by atoms with Gasteiger partial charge in [-0.3, -0.25) is 4.79 Å². The van der Waals surface area contributed by atoms with Crippen molar-refractivity contribution in [3.05, 3.63) is 30.1 Å². The van der Waals surface area contributed by atoms with Crippen LogP contribution in [0.4, 0.5) is 4.79 Å². The summed E-state index contributed by atoms with van der Waals surface area (Å²) in [5.74, 6) is -0.202. The number of ether oxygens (including phenoxy) is 3. The van der Waals surface area contributed by atoms with Crippen molar-refractivity contribution in [1.82, 2.24) is 4.90 Å². The molecule has 0 radical (unpaired) electrons. The number of rotatable bonds is 23. The van der Waals surface area contributed by atoms with Gasteiger partial charge in [0.1, 0.15) is 13.6 Å². The monoisotopic (exact) mass is 702 g/mol. The molecule has 8 heteroatoms. The molecule has 2 heterocycles. The first-order valence-corrected chi connectivity index (χ1v) is 16.6. The van der Waals surface area contributed by atoms with Gasteiger partial charge in [-0.2, -0.15) is 0 Å². The molecule has 0 bridgehead atoms. The van der Waals surface area contributed by atoms with Crippen molar-refractivity contribution in [3.63, 3.8) is 0 Å². The van der Waals surface area contributed by atoms with Crippen LogP contribution >= 0.6 is 0 Å². The van der Waals surface area contributed by atoms with Gasteiger partial charge in [-0.15, -0.1) is 0 Å². The number of pyridine rings is 1. The molecule has 1 fully saturated rings. The minimum atomic E-state index is -0.607. The lowest BCUT2D eigenvalue weighted by molar-refractivity contribution is -0.679. The standard InChI is InChI=1S/C34H59N2O5.HI/c1-4-5-6-7-8-9-10-11-12-13-14-15-16-17-18-21-24-39-29-33-25-31(27-40-33)28-41-34(38)36(30(2)37)26-32-22-19-20-23-35(32)3;/h19-20,22-23,31,33H,4-18,21,24-29H2,1-3H3;1H/q+1;/p-1/t31-,33+;/m0./s1. The van der Waals surface area contributed by atoms with Crippen molar-refractivity contribution in [2.75, 3.05) is 26.4 Å². The second kappa shape index (κ2) is 25.1. The summed E-state index contributed by atoms with van der Waals surface area (Å²) in [6.07, 6.45) is 24.0. The van der Waals surface area contributed by atoms with Crippen molar-refractivity contribution < 1.29 is 52.3 Å². The summed E-state index contributed by atoms with van der Waals surface area (Å²) in [6, 6.07) is 5.68. The van der Waals surface area contributed by atoms with Crippen molar-refractivity contribution in [1.29, 1.82) is 0 Å². The topological polar surface area (TPSA) is 69.0 Å². The van der Waals surface area contributed by atoms with E-state index in [4.69, 9.17) is 14.2 Å². The second-order valence-corrected chi connectivity index (χ2v) is 11.9. The van der Waals surface area contributed by atoms with Gasteiger partial charge in [0.25, 0.3) is 0 Å². The number of aryl methyl sites for hydroxylation is 1. The third-order valence-corrected chi connectivity index (χ3v) is 8.14. The summed E-state index contributed by atoms with van der Waals surface area (Å²) >= 11 is 0. The summed E-state index contributed by atoms with van der Waals surface area (Å²) in [5.41, 5.74) is 0.852. The van der Waals surface area contributed by atoms with Gasteiger partial charge >= 0.3 is 6.09 Å². The maximum Gasteiger partial charge on any atom is 0.417 e. The molecule has 1 aliphatic rings. The van der Waals surface area contributed by atoms with E-state index in [1.54, 1.807) is 0 Å². The van der Waals surface area contributed by atoms with Crippen molar-refractivity contribution in [3.8, 4) is 0 Å². The summed E-state index contributed by atoms with van der Waals surface area (Å²) < 4.78 is 19.1. The van der Waals surface area contributed by atoms with E-state index in [9.17, 15) is 9.59 Å². The zero-order chi connectivity index (χ0) is 29.5. The van der Waals surface area contributed by atoms with Crippen molar-refractivity contribution in [2.45, 2.75) is 136 Å². The van der Waals surface area contributed by atoms with Gasteiger partial charge in [-0.25, -0.2) is 14.3 Å². The Bertz CT molecular complexity index is 840. The SMILES string of the molecule is CCCCCCCCCCCCCCCCCCOC[C@H]1C[C@H](COC(=O)N(Cc2cccc[n+]2C)C(C)=O)CO1.[I-]. The van der Waals surface area contributed by atoms with Crippen molar-refractivity contribution >= 4 is 12.0 Å². The van der Waals surface area contributed by atoms with E-state index >= 15 is 0 Å². The fourth-order valence-electron chi connectivity index (χ4n) is 5.44. The van der Waals surface area contributed by atoms with E-state index in [1.807, 2.05) is 36.0 Å². The number of imide groups is 1. The van der Waals surface area contributed by atoms with E-state index in [0.717, 1.165) is 30.0 Å². The van der Waals surface area contributed by atoms with Gasteiger partial charge in [0.15, 0.2) is 6.20 Å². The highest BCUT2D eigenvalue weighted by atomic mass is 127. The van der Waals surface area contributed by atoms with Gasteiger partial charge < -0.3 is 38.2 Å². The van der Waals surface area contributed by atoms with Crippen LogP contribution in [0.2, 0.25) is 0 Å². The number of carbonyl (C=O) groups is 2. The van der Waals surface area contributed by atoms with Gasteiger partial charge in [-0.05, 0) is 12.8 Å². The van der Waals surface area contributed by atoms with Gasteiger partial charge in [-0.1, -0.05) is 109 Å². The fourth-order valence-corrected chi connectivity index (χ4v) is 5.44. The molecule has 2 rings (SSSR count). The second-order valence-electron chi connectivity index (χ2n) is 11.9. The Morgan fingerprint density at radius 3 is 2.00 bits per heavy atom. The van der Waals surface area contributed by atoms with Crippen molar-refractivity contribution in [2.24, 2.45) is 13.0 Å². The number of hydrogen-bond acceptors (Lipinski definition) is 5. The number of aromatic nitrogens is 1. The Morgan fingerprint density at radius 2 is 1.45 bits per heavy atom. The molecule has 242 valence electrons. The number of unbranched alkanes of at least 4 members (excludes halogenated alkanes) is 15. The van der Waals surface area contributed by atoms with Crippen LogP contribution < -0.4 is 28.5 Å². The van der Waals surface area contributed by atoms with Crippen LogP contribution in [0, 0.1) is 5.92 Å². The maximum atomic E-state index is 12.6. The molecule has 1 aromatic rings. The first-order chi connectivity index (χ1) is 20.0. The quantitative estimate of drug-likeness (QED) is 0.0942. The summed E-state index contributed by atoms with van der Waals surface area (Å²) in [4.78, 5) is 25.8. The third kappa shape index (κ3) is 17.8. The molecule has 7 nitrogen and oxygen atoms in total. The number of hydrogen-bond donors (Lipinski definition) is 0. The van der Waals surface area contributed by atoms with Crippen LogP contribution in [0.1, 0.15) is 129 Å². The Hall–Kier alpha value is -1.26. The molecule has 1 aliphatic heterocycles. The lowest BCUT2D eigenvalue weighted by Crippen LogP contribution is -3.00. The number of amides is 2. The Balaban J connectivity index is 0.00000882. The molecule has 2 amide bonds. The van der Waals surface area contributed by atoms with E-state index in [1.165, 1.54) is 103 Å². The highest BCUT2D eigenvalue weighted by molar-refractivity contribution is 5.90. The average molecular weight is 703 g/mol. The first-order valence-electron chi connectivity index (χ1n) is 16.6. The third-order valence-electron chi connectivity index (χ3n) is 8.14. The lowest BCUT2D eigenvalue weighted by atomic mass is 10.0. The Morgan fingerprint density at radius 1 is 0.881 bits per heavy atom. The molecule has 0 spiro atoms. The van der Waals surface area contributed by atoms with Crippen LogP contribution in [0.25, 0.3) is 0 Å². The van der Waals surface area contributed by atoms with E-state index < -0.39 is 6.09 Å². The maximum absolute atomic E-state index is 12.6. The van der Waals surface area contributed by atoms with Crippen LogP contribution in [0.3, 0.4) is 0 Å². The molecule has 0 N–H and O–H groups in total. The minimum Gasteiger partial charge on any atom is -1.00 e. The predicted octanol–water partition coefficient (Wildman–Crippen LogP) is 4.68. The number of halogens is 1. The van der Waals surface area contributed by atoms with Crippen LogP contribution in [0.5, 0.6) is 0 Å². The molecule has 0 aromatic carbocycles. The highest BCUT2D eigenvalue weighted by Gasteiger charge is 2.29. The molecule has 2 atom stereocenters. The smallest absolute Gasteiger partial charge is 0.417 e. The van der Waals surface area contributed by atoms with Gasteiger partial charge in [0.2, 0.25) is 11.6 Å². The fraction of sp³-hybridized carbons (Fsp3) is 0.794. The molecule has 1 saturated heterocycles. The summed E-state index contributed by atoms with van der Waals surface area (Å²) in [6.45, 7) is 6.02. The van der Waals surface area contributed by atoms with Crippen LogP contribution in [-0.4, -0.2) is 49.4 Å². The average Bonchev–Trinajstić information content (AvgIpc) is 3.42. The zero-order valence-corrected chi connectivity index (χ0v) is 29.0. The van der Waals surface area contributed by atoms with E-state index in [2.05, 4.69) is 6.92 Å². The minimum absolute atomic E-state index is 0. The Kier molecular flexibility index (Phi) is 23.2. The predicted molar refractivity (Wildman–Crippen MR) is 163 cm³/mol. The molecule has 0 saturated carbocycles. The summed E-state index contributed by atoms with van der Waals surface area (Å²) in [7, 11) is 1.89. The lowest BCUT2D eigenvalue weighted by Gasteiger charge is -2.18. The normalized spacial score (nSPS) is 16.3. The first kappa shape index (κ1) is 38.8. The highest BCUT2D eigenvalue weighted by Crippen LogP contribution is 2.21. The zero-order valence-electron chi connectivity index (χ0n) is 26.8. The van der Waals surface area contributed by atoms with Crippen LogP contribution in [0.15, 0.2) is 24.4 Å². The molecular weight excluding hydrogens is 643 g/mol. The van der Waals surface area contributed by atoms with Gasteiger partial charge in [0.05, 0.1) is 25.9 Å². The van der Waals surface area contributed by atoms with Crippen LogP contribution in [-0.2, 0) is 32.6 Å². The molecule has 1 aromatic heterocycles. The molecule has 42 heavy (non-hydrogen) atoms. The summed E-state index contributed by atoms with van der Waals surface area (Å²) in [5, 5.41) is 0. The van der Waals surface area contributed by atoms with E-state index in [-0.39, 0.29) is 55.1 Å².